The third kappa shape index (κ3) is 3.47. The zero-order valence-corrected chi connectivity index (χ0v) is 15.1. The average molecular weight is 337 g/mol. The first-order valence-electron chi connectivity index (χ1n) is 8.41. The molecule has 1 aromatic rings. The lowest BCUT2D eigenvalue weighted by atomic mass is 9.72. The van der Waals surface area contributed by atoms with E-state index in [0.717, 1.165) is 17.7 Å². The third-order valence-corrected chi connectivity index (χ3v) is 6.54. The minimum Gasteiger partial charge on any atom is -0.396 e. The predicted molar refractivity (Wildman–Crippen MR) is 92.0 cm³/mol. The summed E-state index contributed by atoms with van der Waals surface area (Å²) >= 11 is 1.63. The van der Waals surface area contributed by atoms with Crippen molar-refractivity contribution >= 4 is 17.2 Å². The van der Waals surface area contributed by atoms with Crippen LogP contribution in [-0.4, -0.2) is 37.4 Å². The lowest BCUT2D eigenvalue weighted by Crippen LogP contribution is -2.53. The van der Waals surface area contributed by atoms with E-state index in [4.69, 9.17) is 4.74 Å². The first-order valence-corrected chi connectivity index (χ1v) is 9.23. The molecule has 128 valence electrons. The zero-order chi connectivity index (χ0) is 16.7. The molecule has 3 rings (SSSR count). The van der Waals surface area contributed by atoms with Gasteiger partial charge in [-0.1, -0.05) is 20.8 Å². The molecular formula is C18H27NO3S. The van der Waals surface area contributed by atoms with Crippen LogP contribution in [0.25, 0.3) is 0 Å². The van der Waals surface area contributed by atoms with Crippen LogP contribution in [-0.2, 0) is 17.6 Å². The van der Waals surface area contributed by atoms with E-state index in [9.17, 15) is 9.90 Å². The number of hydrogen-bond donors (Lipinski definition) is 2. The summed E-state index contributed by atoms with van der Waals surface area (Å²) in [5.41, 5.74) is 1.40. The van der Waals surface area contributed by atoms with Crippen LogP contribution in [0, 0.1) is 16.7 Å². The number of nitrogens with one attached hydrogen (secondary N) is 1. The van der Waals surface area contributed by atoms with Gasteiger partial charge in [0, 0.05) is 11.4 Å². The molecule has 0 radical (unpaired) electrons. The number of aliphatic hydroxyl groups is 1. The van der Waals surface area contributed by atoms with Gasteiger partial charge in [-0.25, -0.2) is 0 Å². The number of hydrogen-bond acceptors (Lipinski definition) is 4. The second-order valence-corrected chi connectivity index (χ2v) is 9.34. The molecule has 1 amide bonds. The van der Waals surface area contributed by atoms with Gasteiger partial charge in [-0.2, -0.15) is 0 Å². The molecule has 2 N–H and O–H groups in total. The van der Waals surface area contributed by atoms with E-state index in [2.05, 4.69) is 32.2 Å². The van der Waals surface area contributed by atoms with Crippen LogP contribution in [0.15, 0.2) is 6.07 Å². The van der Waals surface area contributed by atoms with Gasteiger partial charge in [0.15, 0.2) is 0 Å². The van der Waals surface area contributed by atoms with Gasteiger partial charge in [-0.15, -0.1) is 11.3 Å². The van der Waals surface area contributed by atoms with Gasteiger partial charge in [0.25, 0.3) is 5.91 Å². The molecule has 1 aliphatic heterocycles. The number of thiophene rings is 1. The maximum atomic E-state index is 12.4. The Hall–Kier alpha value is -0.910. The molecule has 1 atom stereocenters. The summed E-state index contributed by atoms with van der Waals surface area (Å²) in [4.78, 5) is 14.6. The molecule has 1 aromatic heterocycles. The van der Waals surface area contributed by atoms with Gasteiger partial charge in [0.1, 0.15) is 0 Å². The maximum Gasteiger partial charge on any atom is 0.261 e. The van der Waals surface area contributed by atoms with Crippen molar-refractivity contribution in [3.8, 4) is 0 Å². The number of amides is 1. The molecule has 23 heavy (non-hydrogen) atoms. The number of aryl methyl sites for hydroxylation is 1. The quantitative estimate of drug-likeness (QED) is 0.888. The van der Waals surface area contributed by atoms with E-state index in [0.29, 0.717) is 31.1 Å². The fourth-order valence-corrected chi connectivity index (χ4v) is 4.49. The Morgan fingerprint density at radius 1 is 1.48 bits per heavy atom. The number of ether oxygens (including phenoxy) is 1. The fourth-order valence-electron chi connectivity index (χ4n) is 3.37. The second-order valence-electron chi connectivity index (χ2n) is 8.20. The summed E-state index contributed by atoms with van der Waals surface area (Å²) in [6.45, 7) is 8.50. The molecule has 4 nitrogen and oxygen atoms in total. The van der Waals surface area contributed by atoms with Crippen LogP contribution >= 0.6 is 11.3 Å². The van der Waals surface area contributed by atoms with Gasteiger partial charge in [-0.05, 0) is 42.2 Å². The number of rotatable bonds is 4. The summed E-state index contributed by atoms with van der Waals surface area (Å²) in [6.07, 6.45) is 3.38. The average Bonchev–Trinajstić information content (AvgIpc) is 2.88. The van der Waals surface area contributed by atoms with Crippen molar-refractivity contribution in [2.45, 2.75) is 40.0 Å². The Morgan fingerprint density at radius 3 is 2.78 bits per heavy atom. The summed E-state index contributed by atoms with van der Waals surface area (Å²) in [6, 6.07) is 2.08. The van der Waals surface area contributed by atoms with E-state index in [1.807, 2.05) is 0 Å². The van der Waals surface area contributed by atoms with Crippen LogP contribution in [0.3, 0.4) is 0 Å². The Balaban J connectivity index is 1.64. The topological polar surface area (TPSA) is 58.6 Å². The Bertz CT molecular complexity index is 578. The van der Waals surface area contributed by atoms with Crippen molar-refractivity contribution in [3.63, 3.8) is 0 Å². The van der Waals surface area contributed by atoms with Crippen molar-refractivity contribution < 1.29 is 14.6 Å². The summed E-state index contributed by atoms with van der Waals surface area (Å²) in [5.74, 6) is 0.668. The molecule has 1 aliphatic carbocycles. The molecule has 0 spiro atoms. The summed E-state index contributed by atoms with van der Waals surface area (Å²) in [5, 5.41) is 12.4. The Kier molecular flexibility index (Phi) is 4.55. The predicted octanol–water partition coefficient (Wildman–Crippen LogP) is 2.64. The van der Waals surface area contributed by atoms with Gasteiger partial charge < -0.3 is 15.2 Å². The van der Waals surface area contributed by atoms with Crippen molar-refractivity contribution in [3.05, 3.63) is 21.4 Å². The number of fused-ring (bicyclic) bond motifs is 1. The number of aliphatic hydroxyl groups excluding tert-OH is 1. The molecule has 0 bridgehead atoms. The smallest absolute Gasteiger partial charge is 0.261 e. The van der Waals surface area contributed by atoms with E-state index in [1.165, 1.54) is 16.9 Å². The summed E-state index contributed by atoms with van der Waals surface area (Å²) < 4.78 is 5.17. The molecule has 1 unspecified atom stereocenters. The number of carbonyl (C=O) groups excluding carboxylic acids is 1. The van der Waals surface area contributed by atoms with Crippen LogP contribution < -0.4 is 5.32 Å². The van der Waals surface area contributed by atoms with Crippen molar-refractivity contribution in [2.24, 2.45) is 16.7 Å². The van der Waals surface area contributed by atoms with Crippen molar-refractivity contribution in [1.82, 2.24) is 5.32 Å². The monoisotopic (exact) mass is 337 g/mol. The highest BCUT2D eigenvalue weighted by Crippen LogP contribution is 2.40. The van der Waals surface area contributed by atoms with Crippen LogP contribution in [0.1, 0.15) is 47.3 Å². The van der Waals surface area contributed by atoms with Gasteiger partial charge in [0.2, 0.25) is 0 Å². The first kappa shape index (κ1) is 16.9. The molecule has 0 saturated carbocycles. The SMILES string of the molecule is CC(C)(C)C1CCc2sc(C(=O)NCC3(CO)COC3)cc2C1. The molecule has 0 aromatic carbocycles. The van der Waals surface area contributed by atoms with Gasteiger partial charge in [0.05, 0.1) is 30.1 Å². The highest BCUT2D eigenvalue weighted by atomic mass is 32.1. The minimum atomic E-state index is -0.274. The largest absolute Gasteiger partial charge is 0.396 e. The van der Waals surface area contributed by atoms with E-state index in [1.54, 1.807) is 11.3 Å². The lowest BCUT2D eigenvalue weighted by Gasteiger charge is -2.39. The molecular weight excluding hydrogens is 310 g/mol. The Morgan fingerprint density at radius 2 is 2.22 bits per heavy atom. The first-order chi connectivity index (χ1) is 10.8. The molecule has 2 aliphatic rings. The standard InChI is InChI=1S/C18H27NO3S/c1-17(2,3)13-4-5-14-12(6-13)7-15(23-14)16(21)19-8-18(9-20)10-22-11-18/h7,13,20H,4-6,8-11H2,1-3H3,(H,19,21). The normalized spacial score (nSPS) is 23.0. The molecule has 1 saturated heterocycles. The van der Waals surface area contributed by atoms with Gasteiger partial charge >= 0.3 is 0 Å². The maximum absolute atomic E-state index is 12.4. The fraction of sp³-hybridized carbons (Fsp3) is 0.722. The molecule has 5 heteroatoms. The third-order valence-electron chi connectivity index (χ3n) is 5.31. The van der Waals surface area contributed by atoms with E-state index < -0.39 is 0 Å². The minimum absolute atomic E-state index is 0.0172. The van der Waals surface area contributed by atoms with Crippen LogP contribution in [0.5, 0.6) is 0 Å². The van der Waals surface area contributed by atoms with Crippen LogP contribution in [0.4, 0.5) is 0 Å². The van der Waals surface area contributed by atoms with E-state index in [-0.39, 0.29) is 17.9 Å². The number of carbonyl (C=O) groups is 1. The second kappa shape index (κ2) is 6.19. The Labute approximate surface area is 142 Å². The van der Waals surface area contributed by atoms with Crippen molar-refractivity contribution in [2.75, 3.05) is 26.4 Å². The van der Waals surface area contributed by atoms with E-state index >= 15 is 0 Å². The summed E-state index contributed by atoms with van der Waals surface area (Å²) in [7, 11) is 0. The lowest BCUT2D eigenvalue weighted by molar-refractivity contribution is -0.133. The van der Waals surface area contributed by atoms with Crippen molar-refractivity contribution in [1.29, 1.82) is 0 Å². The highest BCUT2D eigenvalue weighted by molar-refractivity contribution is 7.14. The zero-order valence-electron chi connectivity index (χ0n) is 14.3. The van der Waals surface area contributed by atoms with Gasteiger partial charge in [-0.3, -0.25) is 4.79 Å². The molecule has 1 fully saturated rings. The van der Waals surface area contributed by atoms with Crippen LogP contribution in [0.2, 0.25) is 0 Å². The molecule has 2 heterocycles. The highest BCUT2D eigenvalue weighted by Gasteiger charge is 2.38.